The second kappa shape index (κ2) is 4.13. The minimum absolute atomic E-state index is 0.213. The van der Waals surface area contributed by atoms with Gasteiger partial charge in [0.2, 0.25) is 0 Å². The van der Waals surface area contributed by atoms with Gasteiger partial charge in [-0.15, -0.1) is 0 Å². The van der Waals surface area contributed by atoms with Crippen LogP contribution in [0.15, 0.2) is 16.8 Å². The van der Waals surface area contributed by atoms with Crippen molar-refractivity contribution in [2.24, 2.45) is 0 Å². The molecule has 1 fully saturated rings. The zero-order valence-electron chi connectivity index (χ0n) is 9.56. The third-order valence-corrected chi connectivity index (χ3v) is 5.72. The van der Waals surface area contributed by atoms with Crippen molar-refractivity contribution in [2.75, 3.05) is 11.5 Å². The SMILES string of the molecule is CC(NC1(C)CCS(=O)(=O)C1)c1ccsc1. The Hall–Kier alpha value is -0.390. The van der Waals surface area contributed by atoms with Gasteiger partial charge in [0, 0.05) is 11.6 Å². The molecule has 2 atom stereocenters. The molecule has 0 saturated carbocycles. The van der Waals surface area contributed by atoms with Gasteiger partial charge >= 0.3 is 0 Å². The van der Waals surface area contributed by atoms with Gasteiger partial charge in [-0.05, 0) is 42.7 Å². The molecule has 16 heavy (non-hydrogen) atoms. The van der Waals surface area contributed by atoms with Crippen LogP contribution in [0.4, 0.5) is 0 Å². The summed E-state index contributed by atoms with van der Waals surface area (Å²) in [6, 6.07) is 2.29. The fraction of sp³-hybridized carbons (Fsp3) is 0.636. The molecule has 5 heteroatoms. The second-order valence-corrected chi connectivity index (χ2v) is 7.79. The van der Waals surface area contributed by atoms with Gasteiger partial charge in [-0.25, -0.2) is 8.42 Å². The normalized spacial score (nSPS) is 30.4. The van der Waals surface area contributed by atoms with Gasteiger partial charge in [0.25, 0.3) is 0 Å². The summed E-state index contributed by atoms with van der Waals surface area (Å²) in [7, 11) is -2.83. The van der Waals surface area contributed by atoms with Crippen molar-refractivity contribution in [3.63, 3.8) is 0 Å². The molecule has 2 rings (SSSR count). The van der Waals surface area contributed by atoms with Gasteiger partial charge in [0.1, 0.15) is 0 Å². The Morgan fingerprint density at radius 3 is 2.81 bits per heavy atom. The van der Waals surface area contributed by atoms with Crippen LogP contribution in [0.1, 0.15) is 31.9 Å². The summed E-state index contributed by atoms with van der Waals surface area (Å²) in [5.41, 5.74) is 0.968. The van der Waals surface area contributed by atoms with E-state index in [9.17, 15) is 8.42 Å². The van der Waals surface area contributed by atoms with Gasteiger partial charge in [0.15, 0.2) is 9.84 Å². The Kier molecular flexibility index (Phi) is 3.11. The highest BCUT2D eigenvalue weighted by Crippen LogP contribution is 2.27. The molecule has 1 aromatic rings. The van der Waals surface area contributed by atoms with Crippen LogP contribution in [-0.4, -0.2) is 25.5 Å². The fourth-order valence-corrected chi connectivity index (χ4v) is 5.11. The first-order valence-corrected chi connectivity index (χ1v) is 8.17. The van der Waals surface area contributed by atoms with Crippen molar-refractivity contribution in [3.8, 4) is 0 Å². The van der Waals surface area contributed by atoms with Crippen LogP contribution >= 0.6 is 11.3 Å². The molecular formula is C11H17NO2S2. The van der Waals surface area contributed by atoms with E-state index in [1.165, 1.54) is 5.56 Å². The average Bonchev–Trinajstić information content (AvgIpc) is 2.73. The topological polar surface area (TPSA) is 46.2 Å². The summed E-state index contributed by atoms with van der Waals surface area (Å²) in [4.78, 5) is 0. The van der Waals surface area contributed by atoms with Crippen molar-refractivity contribution in [2.45, 2.75) is 31.8 Å². The van der Waals surface area contributed by atoms with Crippen LogP contribution in [-0.2, 0) is 9.84 Å². The van der Waals surface area contributed by atoms with Crippen LogP contribution in [0.3, 0.4) is 0 Å². The summed E-state index contributed by atoms with van der Waals surface area (Å²) < 4.78 is 23.0. The van der Waals surface area contributed by atoms with E-state index >= 15 is 0 Å². The summed E-state index contributed by atoms with van der Waals surface area (Å²) in [6.07, 6.45) is 0.712. The third kappa shape index (κ3) is 2.64. The first-order chi connectivity index (χ1) is 7.40. The maximum atomic E-state index is 11.5. The van der Waals surface area contributed by atoms with Gasteiger partial charge in [-0.2, -0.15) is 11.3 Å². The summed E-state index contributed by atoms with van der Waals surface area (Å²) in [5, 5.41) is 7.59. The van der Waals surface area contributed by atoms with E-state index < -0.39 is 9.84 Å². The largest absolute Gasteiger partial charge is 0.304 e. The molecule has 2 unspecified atom stereocenters. The first kappa shape index (κ1) is 12.1. The van der Waals surface area contributed by atoms with Crippen LogP contribution in [0.25, 0.3) is 0 Å². The van der Waals surface area contributed by atoms with E-state index in [1.54, 1.807) is 11.3 Å². The predicted molar refractivity (Wildman–Crippen MR) is 67.5 cm³/mol. The fourth-order valence-electron chi connectivity index (χ4n) is 2.25. The van der Waals surface area contributed by atoms with E-state index in [1.807, 2.05) is 12.3 Å². The van der Waals surface area contributed by atoms with Crippen LogP contribution in [0.2, 0.25) is 0 Å². The van der Waals surface area contributed by atoms with Crippen molar-refractivity contribution in [3.05, 3.63) is 22.4 Å². The molecule has 0 spiro atoms. The molecule has 1 N–H and O–H groups in total. The van der Waals surface area contributed by atoms with Crippen LogP contribution in [0.5, 0.6) is 0 Å². The summed E-state index contributed by atoms with van der Waals surface area (Å²) in [5.74, 6) is 0.571. The Morgan fingerprint density at radius 2 is 2.31 bits per heavy atom. The molecule has 0 bridgehead atoms. The Morgan fingerprint density at radius 1 is 1.56 bits per heavy atom. The van der Waals surface area contributed by atoms with E-state index in [0.717, 1.165) is 0 Å². The Labute approximate surface area is 101 Å². The summed E-state index contributed by atoms with van der Waals surface area (Å²) in [6.45, 7) is 4.08. The van der Waals surface area contributed by atoms with E-state index in [2.05, 4.69) is 23.7 Å². The monoisotopic (exact) mass is 259 g/mol. The van der Waals surface area contributed by atoms with Gasteiger partial charge in [-0.3, -0.25) is 0 Å². The molecule has 0 aliphatic carbocycles. The van der Waals surface area contributed by atoms with Crippen molar-refractivity contribution < 1.29 is 8.42 Å². The lowest BCUT2D eigenvalue weighted by Gasteiger charge is -2.28. The Bertz CT molecular complexity index is 452. The molecular weight excluding hydrogens is 242 g/mol. The smallest absolute Gasteiger partial charge is 0.152 e. The highest BCUT2D eigenvalue weighted by Gasteiger charge is 2.38. The minimum atomic E-state index is -2.83. The van der Waals surface area contributed by atoms with Crippen LogP contribution in [0, 0.1) is 0 Å². The lowest BCUT2D eigenvalue weighted by atomic mass is 9.99. The molecule has 0 radical (unpaired) electrons. The highest BCUT2D eigenvalue weighted by molar-refractivity contribution is 7.91. The maximum Gasteiger partial charge on any atom is 0.152 e. The van der Waals surface area contributed by atoms with Gasteiger partial charge in [-0.1, -0.05) is 0 Å². The number of thiophene rings is 1. The Balaban J connectivity index is 2.05. The quantitative estimate of drug-likeness (QED) is 0.903. The average molecular weight is 259 g/mol. The van der Waals surface area contributed by atoms with Crippen molar-refractivity contribution >= 4 is 21.2 Å². The number of hydrogen-bond acceptors (Lipinski definition) is 4. The van der Waals surface area contributed by atoms with Gasteiger partial charge < -0.3 is 5.32 Å². The summed E-state index contributed by atoms with van der Waals surface area (Å²) >= 11 is 1.67. The number of rotatable bonds is 3. The lowest BCUT2D eigenvalue weighted by Crippen LogP contribution is -2.44. The lowest BCUT2D eigenvalue weighted by molar-refractivity contribution is 0.356. The number of nitrogens with one attached hydrogen (secondary N) is 1. The zero-order valence-corrected chi connectivity index (χ0v) is 11.2. The zero-order chi connectivity index (χ0) is 11.8. The molecule has 3 nitrogen and oxygen atoms in total. The standard InChI is InChI=1S/C11H17NO2S2/c1-9(10-3-5-15-7-10)12-11(2)4-6-16(13,14)8-11/h3,5,7,9,12H,4,6,8H2,1-2H3. The molecule has 90 valence electrons. The first-order valence-electron chi connectivity index (χ1n) is 5.40. The number of sulfone groups is 1. The van der Waals surface area contributed by atoms with E-state index in [4.69, 9.17) is 0 Å². The molecule has 0 aromatic carbocycles. The van der Waals surface area contributed by atoms with Crippen LogP contribution < -0.4 is 5.32 Å². The molecule has 1 saturated heterocycles. The molecule has 0 amide bonds. The molecule has 1 aliphatic heterocycles. The minimum Gasteiger partial charge on any atom is -0.304 e. The molecule has 2 heterocycles. The van der Waals surface area contributed by atoms with E-state index in [-0.39, 0.29) is 17.3 Å². The van der Waals surface area contributed by atoms with Crippen molar-refractivity contribution in [1.29, 1.82) is 0 Å². The second-order valence-electron chi connectivity index (χ2n) is 4.83. The number of hydrogen-bond donors (Lipinski definition) is 1. The highest BCUT2D eigenvalue weighted by atomic mass is 32.2. The third-order valence-electron chi connectivity index (χ3n) is 3.11. The van der Waals surface area contributed by atoms with E-state index in [0.29, 0.717) is 12.2 Å². The molecule has 1 aromatic heterocycles. The van der Waals surface area contributed by atoms with Gasteiger partial charge in [0.05, 0.1) is 11.5 Å². The maximum absolute atomic E-state index is 11.5. The predicted octanol–water partition coefficient (Wildman–Crippen LogP) is 1.98. The van der Waals surface area contributed by atoms with Crippen molar-refractivity contribution in [1.82, 2.24) is 5.32 Å². The molecule has 1 aliphatic rings.